The molecular weight excluding hydrogens is 883 g/mol. The zero-order valence-corrected chi connectivity index (χ0v) is 38.4. The van der Waals surface area contributed by atoms with Crippen molar-refractivity contribution in [2.45, 2.75) is 0 Å². The summed E-state index contributed by atoms with van der Waals surface area (Å²) >= 11 is 0. The predicted octanol–water partition coefficient (Wildman–Crippen LogP) is 17.0. The first-order valence-electron chi connectivity index (χ1n) is 24.0. The van der Waals surface area contributed by atoms with Crippen LogP contribution < -0.4 is 0 Å². The molecule has 0 radical (unpaired) electrons. The van der Waals surface area contributed by atoms with Crippen LogP contribution in [0.15, 0.2) is 233 Å². The molecule has 0 spiro atoms. The van der Waals surface area contributed by atoms with Crippen molar-refractivity contribution in [3.8, 4) is 62.5 Å². The number of fused-ring (bicyclic) bond motifs is 12. The van der Waals surface area contributed by atoms with Gasteiger partial charge in [0.1, 0.15) is 28.4 Å². The van der Waals surface area contributed by atoms with Gasteiger partial charge < -0.3 is 18.0 Å². The highest BCUT2D eigenvalue weighted by Gasteiger charge is 2.26. The van der Waals surface area contributed by atoms with Gasteiger partial charge in [0.2, 0.25) is 0 Å². The number of para-hydroxylation sites is 4. The second-order valence-electron chi connectivity index (χ2n) is 18.3. The van der Waals surface area contributed by atoms with E-state index < -0.39 is 0 Å². The summed E-state index contributed by atoms with van der Waals surface area (Å²) in [6, 6.07) is 80.3. The summed E-state index contributed by atoms with van der Waals surface area (Å²) in [6.45, 7) is 0. The molecule has 334 valence electrons. The Morgan fingerprint density at radius 1 is 0.375 bits per heavy atom. The molecule has 7 heteroatoms. The van der Waals surface area contributed by atoms with Gasteiger partial charge in [-0.1, -0.05) is 146 Å². The second-order valence-corrected chi connectivity index (χ2v) is 18.3. The molecule has 0 aliphatic heterocycles. The maximum atomic E-state index is 10.8. The number of hydrogen-bond donors (Lipinski definition) is 0. The lowest BCUT2D eigenvalue weighted by Crippen LogP contribution is -2.02. The first kappa shape index (κ1) is 39.9. The van der Waals surface area contributed by atoms with Gasteiger partial charge in [0.15, 0.2) is 11.4 Å². The Kier molecular flexibility index (Phi) is 8.59. The van der Waals surface area contributed by atoms with E-state index >= 15 is 0 Å². The molecule has 72 heavy (non-hydrogen) atoms. The van der Waals surface area contributed by atoms with E-state index in [-0.39, 0.29) is 0 Å². The standard InChI is InChI=1S/C65H37N5O2/c66-38-52-62(39-16-4-1-5-17-39)67-65(68-63(52)40-18-6-2-7-19-40)47-30-32-55(64-61(47)46-24-12-15-27-59(46)72-64)70-54-31-28-41(42-29-33-60-51(35-42)45-23-11-14-26-58(45)71-60)34-48(54)50-37-56-49(36-57(50)70)44-22-10-13-25-53(44)69(56)43-20-8-3-9-21-43/h1-37H. The Morgan fingerprint density at radius 2 is 0.903 bits per heavy atom. The lowest BCUT2D eigenvalue weighted by Gasteiger charge is -2.14. The number of nitriles is 1. The summed E-state index contributed by atoms with van der Waals surface area (Å²) in [5, 5.41) is 19.3. The monoisotopic (exact) mass is 919 g/mol. The molecule has 0 saturated carbocycles. The third-order valence-corrected chi connectivity index (χ3v) is 14.4. The maximum Gasteiger partial charge on any atom is 0.161 e. The molecule has 15 rings (SSSR count). The Labute approximate surface area is 411 Å². The van der Waals surface area contributed by atoms with Gasteiger partial charge in [-0.25, -0.2) is 9.97 Å². The number of furan rings is 2. The number of benzene rings is 10. The SMILES string of the molecule is N#Cc1c(-c2ccccc2)nc(-c2ccc(-n3c4ccc(-c5ccc6oc7ccccc7c6c5)cc4c4cc5c(cc43)c3ccccc3n5-c3ccccc3)c3oc4ccccc4c23)nc1-c1ccccc1. The number of rotatable bonds is 6. The van der Waals surface area contributed by atoms with Gasteiger partial charge >= 0.3 is 0 Å². The molecule has 0 amide bonds. The summed E-state index contributed by atoms with van der Waals surface area (Å²) in [5.41, 5.74) is 15.8. The highest BCUT2D eigenvalue weighted by atomic mass is 16.3. The van der Waals surface area contributed by atoms with Gasteiger partial charge in [0.25, 0.3) is 0 Å². The van der Waals surface area contributed by atoms with Gasteiger partial charge in [-0.15, -0.1) is 0 Å². The normalized spacial score (nSPS) is 11.9. The average molecular weight is 920 g/mol. The van der Waals surface area contributed by atoms with E-state index in [4.69, 9.17) is 18.8 Å². The molecule has 0 bridgehead atoms. The van der Waals surface area contributed by atoms with Crippen molar-refractivity contribution in [3.63, 3.8) is 0 Å². The van der Waals surface area contributed by atoms with Crippen molar-refractivity contribution < 1.29 is 8.83 Å². The lowest BCUT2D eigenvalue weighted by atomic mass is 9.99. The smallest absolute Gasteiger partial charge is 0.161 e. The zero-order valence-electron chi connectivity index (χ0n) is 38.4. The predicted molar refractivity (Wildman–Crippen MR) is 292 cm³/mol. The van der Waals surface area contributed by atoms with E-state index in [0.29, 0.717) is 28.4 Å². The van der Waals surface area contributed by atoms with Crippen molar-refractivity contribution in [1.29, 1.82) is 5.26 Å². The molecule has 0 fully saturated rings. The molecule has 10 aromatic carbocycles. The fraction of sp³-hybridized carbons (Fsp3) is 0. The first-order chi connectivity index (χ1) is 35.7. The fourth-order valence-corrected chi connectivity index (χ4v) is 11.2. The van der Waals surface area contributed by atoms with E-state index in [1.54, 1.807) is 0 Å². The maximum absolute atomic E-state index is 10.8. The van der Waals surface area contributed by atoms with Crippen LogP contribution in [0, 0.1) is 11.3 Å². The van der Waals surface area contributed by atoms with Crippen LogP contribution in [-0.2, 0) is 0 Å². The van der Waals surface area contributed by atoms with Crippen LogP contribution in [0.1, 0.15) is 5.56 Å². The summed E-state index contributed by atoms with van der Waals surface area (Å²) in [5.74, 6) is 0.500. The van der Waals surface area contributed by atoms with Crippen LogP contribution in [0.4, 0.5) is 0 Å². The van der Waals surface area contributed by atoms with Crippen molar-refractivity contribution in [1.82, 2.24) is 19.1 Å². The molecule has 0 unspecified atom stereocenters. The van der Waals surface area contributed by atoms with E-state index in [9.17, 15) is 5.26 Å². The highest BCUT2D eigenvalue weighted by Crippen LogP contribution is 2.46. The zero-order chi connectivity index (χ0) is 47.4. The van der Waals surface area contributed by atoms with Gasteiger partial charge in [-0.05, 0) is 90.0 Å². The fourth-order valence-electron chi connectivity index (χ4n) is 11.2. The minimum Gasteiger partial charge on any atom is -0.456 e. The van der Waals surface area contributed by atoms with Gasteiger partial charge in [-0.2, -0.15) is 5.26 Å². The van der Waals surface area contributed by atoms with Crippen LogP contribution in [0.25, 0.3) is 144 Å². The van der Waals surface area contributed by atoms with Crippen LogP contribution in [0.2, 0.25) is 0 Å². The van der Waals surface area contributed by atoms with Crippen molar-refractivity contribution in [3.05, 3.63) is 230 Å². The van der Waals surface area contributed by atoms with Crippen LogP contribution in [0.3, 0.4) is 0 Å². The molecule has 0 atom stereocenters. The topological polar surface area (TPSA) is 85.7 Å². The lowest BCUT2D eigenvalue weighted by molar-refractivity contribution is 0.666. The largest absolute Gasteiger partial charge is 0.456 e. The number of hydrogen-bond acceptors (Lipinski definition) is 5. The minimum absolute atomic E-state index is 0.420. The molecule has 0 saturated heterocycles. The van der Waals surface area contributed by atoms with E-state index in [0.717, 1.165) is 116 Å². The molecular formula is C65H37N5O2. The molecule has 0 aliphatic carbocycles. The Balaban J connectivity index is 1.03. The van der Waals surface area contributed by atoms with E-state index in [1.807, 2.05) is 91.0 Å². The minimum atomic E-state index is 0.420. The van der Waals surface area contributed by atoms with Crippen molar-refractivity contribution in [2.75, 3.05) is 0 Å². The summed E-state index contributed by atoms with van der Waals surface area (Å²) in [6.07, 6.45) is 0. The van der Waals surface area contributed by atoms with Crippen molar-refractivity contribution in [2.24, 2.45) is 0 Å². The molecule has 0 aliphatic rings. The molecule has 15 aromatic rings. The molecule has 5 aromatic heterocycles. The van der Waals surface area contributed by atoms with Crippen molar-refractivity contribution >= 4 is 87.5 Å². The summed E-state index contributed by atoms with van der Waals surface area (Å²) in [4.78, 5) is 10.5. The van der Waals surface area contributed by atoms with Crippen LogP contribution in [-0.4, -0.2) is 19.1 Å². The Morgan fingerprint density at radius 3 is 1.61 bits per heavy atom. The summed E-state index contributed by atoms with van der Waals surface area (Å²) < 4.78 is 18.1. The molecule has 0 N–H and O–H groups in total. The highest BCUT2D eigenvalue weighted by molar-refractivity contribution is 6.21. The van der Waals surface area contributed by atoms with Crippen LogP contribution >= 0.6 is 0 Å². The number of nitrogens with zero attached hydrogens (tertiary/aromatic N) is 5. The quantitative estimate of drug-likeness (QED) is 0.166. The Bertz CT molecular complexity index is 4690. The van der Waals surface area contributed by atoms with Gasteiger partial charge in [-0.3, -0.25) is 0 Å². The number of aromatic nitrogens is 4. The molecule has 7 nitrogen and oxygen atoms in total. The third-order valence-electron chi connectivity index (χ3n) is 14.4. The second kappa shape index (κ2) is 15.5. The van der Waals surface area contributed by atoms with Crippen LogP contribution in [0.5, 0.6) is 0 Å². The average Bonchev–Trinajstić information content (AvgIpc) is 4.20. The van der Waals surface area contributed by atoms with Gasteiger partial charge in [0.05, 0.1) is 39.1 Å². The third kappa shape index (κ3) is 5.90. The Hall–Kier alpha value is -10.0. The van der Waals surface area contributed by atoms with Gasteiger partial charge in [0, 0.05) is 65.5 Å². The summed E-state index contributed by atoms with van der Waals surface area (Å²) in [7, 11) is 0. The van der Waals surface area contributed by atoms with E-state index in [1.165, 1.54) is 5.39 Å². The van der Waals surface area contributed by atoms with E-state index in [2.05, 4.69) is 149 Å². The first-order valence-corrected chi connectivity index (χ1v) is 24.0. The molecule has 5 heterocycles.